The molecular weight excluding hydrogens is 370 g/mol. The van der Waals surface area contributed by atoms with Crippen molar-refractivity contribution in [2.24, 2.45) is 0 Å². The first-order valence-electron chi connectivity index (χ1n) is 8.32. The van der Waals surface area contributed by atoms with E-state index >= 15 is 0 Å². The highest BCUT2D eigenvalue weighted by atomic mass is 19.3. The van der Waals surface area contributed by atoms with E-state index in [2.05, 4.69) is 15.4 Å². The number of nitrogens with one attached hydrogen (secondary N) is 2. The lowest BCUT2D eigenvalue weighted by Gasteiger charge is -2.10. The largest absolute Gasteiger partial charge is 0.493 e. The zero-order valence-electron chi connectivity index (χ0n) is 15.4. The fraction of sp³-hybridized carbons (Fsp3) is 0.200. The summed E-state index contributed by atoms with van der Waals surface area (Å²) in [7, 11) is 2.89. The standard InChI is InChI=1S/C20H20F2N2O4/c1-23-19(26)15-7-3-14(4-8-15)12-24-18(25)10-6-13-5-9-16(28-20(21)22)17(11-13)27-2/h3-11,20H,12H2,1-2H3,(H,23,26)(H,24,25)/b10-6+. The third-order valence-electron chi connectivity index (χ3n) is 3.74. The number of benzene rings is 2. The Bertz CT molecular complexity index is 852. The Balaban J connectivity index is 1.93. The summed E-state index contributed by atoms with van der Waals surface area (Å²) in [5, 5.41) is 5.25. The second-order valence-corrected chi connectivity index (χ2v) is 5.62. The molecule has 6 nitrogen and oxygen atoms in total. The molecule has 2 amide bonds. The predicted molar refractivity (Wildman–Crippen MR) is 100 cm³/mol. The second kappa shape index (κ2) is 10.1. The van der Waals surface area contributed by atoms with Crippen LogP contribution in [0.5, 0.6) is 11.5 Å². The Morgan fingerprint density at radius 2 is 1.82 bits per heavy atom. The van der Waals surface area contributed by atoms with Crippen LogP contribution in [0.25, 0.3) is 6.08 Å². The molecule has 0 bridgehead atoms. The maximum absolute atomic E-state index is 12.3. The van der Waals surface area contributed by atoms with E-state index < -0.39 is 6.61 Å². The van der Waals surface area contributed by atoms with Crippen LogP contribution in [-0.4, -0.2) is 32.6 Å². The highest BCUT2D eigenvalue weighted by Gasteiger charge is 2.10. The van der Waals surface area contributed by atoms with Gasteiger partial charge in [0.25, 0.3) is 5.91 Å². The molecular formula is C20H20F2N2O4. The summed E-state index contributed by atoms with van der Waals surface area (Å²) in [4.78, 5) is 23.4. The molecule has 0 aliphatic rings. The highest BCUT2D eigenvalue weighted by Crippen LogP contribution is 2.29. The van der Waals surface area contributed by atoms with Crippen molar-refractivity contribution >= 4 is 17.9 Å². The third kappa shape index (κ3) is 6.08. The number of halogens is 2. The van der Waals surface area contributed by atoms with Gasteiger partial charge in [0, 0.05) is 25.2 Å². The van der Waals surface area contributed by atoms with Crippen LogP contribution in [-0.2, 0) is 11.3 Å². The maximum Gasteiger partial charge on any atom is 0.387 e. The molecule has 0 atom stereocenters. The predicted octanol–water partition coefficient (Wildman–Crippen LogP) is 2.99. The van der Waals surface area contributed by atoms with Crippen molar-refractivity contribution in [2.45, 2.75) is 13.2 Å². The Morgan fingerprint density at radius 1 is 1.11 bits per heavy atom. The van der Waals surface area contributed by atoms with Crippen LogP contribution in [0.3, 0.4) is 0 Å². The Morgan fingerprint density at radius 3 is 2.43 bits per heavy atom. The van der Waals surface area contributed by atoms with Crippen molar-refractivity contribution < 1.29 is 27.8 Å². The minimum atomic E-state index is -2.95. The SMILES string of the molecule is CNC(=O)c1ccc(CNC(=O)/C=C/c2ccc(OC(F)F)c(OC)c2)cc1. The number of hydrogen-bond acceptors (Lipinski definition) is 4. The van der Waals surface area contributed by atoms with E-state index in [1.807, 2.05) is 0 Å². The first-order chi connectivity index (χ1) is 13.4. The molecule has 148 valence electrons. The summed E-state index contributed by atoms with van der Waals surface area (Å²) in [6.07, 6.45) is 2.85. The van der Waals surface area contributed by atoms with Gasteiger partial charge in [-0.15, -0.1) is 0 Å². The fourth-order valence-corrected chi connectivity index (χ4v) is 2.32. The van der Waals surface area contributed by atoms with Gasteiger partial charge in [-0.05, 0) is 41.5 Å². The lowest BCUT2D eigenvalue weighted by atomic mass is 10.1. The monoisotopic (exact) mass is 390 g/mol. The molecule has 0 aliphatic carbocycles. The van der Waals surface area contributed by atoms with E-state index in [0.29, 0.717) is 17.7 Å². The summed E-state index contributed by atoms with van der Waals surface area (Å²) in [6, 6.07) is 11.2. The van der Waals surface area contributed by atoms with Crippen molar-refractivity contribution in [3.05, 3.63) is 65.2 Å². The van der Waals surface area contributed by atoms with Crippen molar-refractivity contribution in [2.75, 3.05) is 14.2 Å². The molecule has 0 spiro atoms. The third-order valence-corrected chi connectivity index (χ3v) is 3.74. The van der Waals surface area contributed by atoms with E-state index in [-0.39, 0.29) is 23.3 Å². The minimum absolute atomic E-state index is 0.0840. The normalized spacial score (nSPS) is 10.8. The van der Waals surface area contributed by atoms with Gasteiger partial charge < -0.3 is 20.1 Å². The molecule has 0 heterocycles. The number of ether oxygens (including phenoxy) is 2. The zero-order chi connectivity index (χ0) is 20.5. The zero-order valence-corrected chi connectivity index (χ0v) is 15.4. The first-order valence-corrected chi connectivity index (χ1v) is 8.32. The molecule has 2 aromatic rings. The average Bonchev–Trinajstić information content (AvgIpc) is 2.70. The smallest absolute Gasteiger partial charge is 0.387 e. The number of methoxy groups -OCH3 is 1. The molecule has 2 N–H and O–H groups in total. The van der Waals surface area contributed by atoms with Gasteiger partial charge in [-0.2, -0.15) is 8.78 Å². The number of hydrogen-bond donors (Lipinski definition) is 2. The van der Waals surface area contributed by atoms with E-state index in [9.17, 15) is 18.4 Å². The van der Waals surface area contributed by atoms with Gasteiger partial charge in [-0.1, -0.05) is 18.2 Å². The molecule has 0 saturated carbocycles. The van der Waals surface area contributed by atoms with Crippen molar-refractivity contribution in [1.29, 1.82) is 0 Å². The van der Waals surface area contributed by atoms with E-state index in [0.717, 1.165) is 5.56 Å². The molecule has 0 aromatic heterocycles. The van der Waals surface area contributed by atoms with Gasteiger partial charge in [0.15, 0.2) is 11.5 Å². The van der Waals surface area contributed by atoms with Gasteiger partial charge in [0.05, 0.1) is 7.11 Å². The molecule has 0 unspecified atom stereocenters. The molecule has 2 aromatic carbocycles. The number of amides is 2. The van der Waals surface area contributed by atoms with Gasteiger partial charge in [-0.25, -0.2) is 0 Å². The van der Waals surface area contributed by atoms with Gasteiger partial charge in [-0.3, -0.25) is 9.59 Å². The van der Waals surface area contributed by atoms with E-state index in [4.69, 9.17) is 4.74 Å². The number of alkyl halides is 2. The molecule has 0 saturated heterocycles. The van der Waals surface area contributed by atoms with Crippen LogP contribution in [0.4, 0.5) is 8.78 Å². The van der Waals surface area contributed by atoms with E-state index in [1.54, 1.807) is 31.3 Å². The number of carbonyl (C=O) groups excluding carboxylic acids is 2. The molecule has 0 radical (unpaired) electrons. The number of rotatable bonds is 8. The Labute approximate surface area is 161 Å². The van der Waals surface area contributed by atoms with Crippen LogP contribution in [0.2, 0.25) is 0 Å². The van der Waals surface area contributed by atoms with Crippen molar-refractivity contribution in [1.82, 2.24) is 10.6 Å². The summed E-state index contributed by atoms with van der Waals surface area (Å²) in [5.74, 6) is -0.459. The fourth-order valence-electron chi connectivity index (χ4n) is 2.32. The Hall–Kier alpha value is -3.42. The van der Waals surface area contributed by atoms with Crippen LogP contribution in [0, 0.1) is 0 Å². The van der Waals surface area contributed by atoms with Crippen molar-refractivity contribution in [3.8, 4) is 11.5 Å². The van der Waals surface area contributed by atoms with Gasteiger partial charge in [0.1, 0.15) is 0 Å². The summed E-state index contributed by atoms with van der Waals surface area (Å²) in [5.41, 5.74) is 1.96. The minimum Gasteiger partial charge on any atom is -0.493 e. The van der Waals surface area contributed by atoms with Crippen LogP contribution < -0.4 is 20.1 Å². The lowest BCUT2D eigenvalue weighted by Crippen LogP contribution is -2.20. The van der Waals surface area contributed by atoms with E-state index in [1.165, 1.54) is 37.5 Å². The summed E-state index contributed by atoms with van der Waals surface area (Å²) < 4.78 is 34.0. The second-order valence-electron chi connectivity index (χ2n) is 5.62. The molecule has 2 rings (SSSR count). The van der Waals surface area contributed by atoms with Crippen LogP contribution in [0.1, 0.15) is 21.5 Å². The molecule has 0 fully saturated rings. The van der Waals surface area contributed by atoms with Gasteiger partial charge in [0.2, 0.25) is 5.91 Å². The molecule has 0 aliphatic heterocycles. The lowest BCUT2D eigenvalue weighted by molar-refractivity contribution is -0.116. The topological polar surface area (TPSA) is 76.7 Å². The van der Waals surface area contributed by atoms with Crippen LogP contribution >= 0.6 is 0 Å². The maximum atomic E-state index is 12.3. The van der Waals surface area contributed by atoms with Crippen molar-refractivity contribution in [3.63, 3.8) is 0 Å². The highest BCUT2D eigenvalue weighted by molar-refractivity contribution is 5.94. The molecule has 8 heteroatoms. The summed E-state index contributed by atoms with van der Waals surface area (Å²) >= 11 is 0. The first kappa shape index (κ1) is 20.9. The molecule has 28 heavy (non-hydrogen) atoms. The van der Waals surface area contributed by atoms with Gasteiger partial charge >= 0.3 is 6.61 Å². The average molecular weight is 390 g/mol. The Kier molecular flexibility index (Phi) is 7.50. The quantitative estimate of drug-likeness (QED) is 0.680. The number of carbonyl (C=O) groups is 2. The van der Waals surface area contributed by atoms with Crippen LogP contribution in [0.15, 0.2) is 48.5 Å². The summed E-state index contributed by atoms with van der Waals surface area (Å²) in [6.45, 7) is -2.66.